The molecule has 5 nitrogen and oxygen atoms in total. The molecule has 1 aromatic heterocycles. The summed E-state index contributed by atoms with van der Waals surface area (Å²) < 4.78 is 111. The van der Waals surface area contributed by atoms with Gasteiger partial charge in [-0.1, -0.05) is 37.6 Å². The fraction of sp³-hybridized carbons (Fsp3) is 0.519. The zero-order chi connectivity index (χ0) is 28.9. The van der Waals surface area contributed by atoms with Crippen LogP contribution in [-0.2, 0) is 28.1 Å². The van der Waals surface area contributed by atoms with Crippen LogP contribution in [0.3, 0.4) is 0 Å². The van der Waals surface area contributed by atoms with Gasteiger partial charge in [0.1, 0.15) is 0 Å². The summed E-state index contributed by atoms with van der Waals surface area (Å²) in [5, 5.41) is 0.413. The summed E-state index contributed by atoms with van der Waals surface area (Å²) in [6, 6.07) is 6.48. The second-order valence-corrected chi connectivity index (χ2v) is 13.5. The first-order valence-electron chi connectivity index (χ1n) is 13.2. The van der Waals surface area contributed by atoms with Crippen molar-refractivity contribution in [2.45, 2.75) is 79.6 Å². The van der Waals surface area contributed by atoms with E-state index in [0.29, 0.717) is 35.3 Å². The van der Waals surface area contributed by atoms with Crippen molar-refractivity contribution in [3.63, 3.8) is 0 Å². The van der Waals surface area contributed by atoms with Crippen molar-refractivity contribution in [3.8, 4) is 0 Å². The van der Waals surface area contributed by atoms with E-state index in [9.17, 15) is 34.8 Å². The Labute approximate surface area is 233 Å². The molecule has 1 saturated heterocycles. The number of piperidine rings is 1. The molecule has 2 aliphatic rings. The lowest BCUT2D eigenvalue weighted by atomic mass is 10.0. The fourth-order valence-corrected chi connectivity index (χ4v) is 8.34. The lowest BCUT2D eigenvalue weighted by Crippen LogP contribution is -2.39. The zero-order valence-corrected chi connectivity index (χ0v) is 23.4. The van der Waals surface area contributed by atoms with Gasteiger partial charge in [-0.15, -0.1) is 0 Å². The van der Waals surface area contributed by atoms with E-state index in [-0.39, 0.29) is 34.2 Å². The molecule has 1 saturated carbocycles. The Bertz CT molecular complexity index is 1490. The Morgan fingerprint density at radius 2 is 1.68 bits per heavy atom. The number of halogens is 6. The van der Waals surface area contributed by atoms with E-state index in [4.69, 9.17) is 0 Å². The van der Waals surface area contributed by atoms with Gasteiger partial charge in [0, 0.05) is 24.9 Å². The predicted octanol–water partition coefficient (Wildman–Crippen LogP) is 7.90. The van der Waals surface area contributed by atoms with Crippen LogP contribution in [0.1, 0.15) is 68.2 Å². The van der Waals surface area contributed by atoms with Gasteiger partial charge in [0.05, 0.1) is 27.1 Å². The van der Waals surface area contributed by atoms with Gasteiger partial charge in [-0.25, -0.2) is 13.4 Å². The van der Waals surface area contributed by atoms with Crippen LogP contribution in [-0.4, -0.2) is 35.4 Å². The number of alkyl halides is 6. The van der Waals surface area contributed by atoms with E-state index in [0.717, 1.165) is 56.4 Å². The number of imidazole rings is 1. The Morgan fingerprint density at radius 1 is 0.950 bits per heavy atom. The van der Waals surface area contributed by atoms with Crippen molar-refractivity contribution in [2.24, 2.45) is 5.92 Å². The van der Waals surface area contributed by atoms with E-state index in [1.807, 2.05) is 11.5 Å². The van der Waals surface area contributed by atoms with Gasteiger partial charge < -0.3 is 4.57 Å². The molecule has 3 aromatic rings. The molecule has 0 spiro atoms. The standard InChI is InChI=1S/C27H29F6N3O2S2/c1-17-5-4-12-35(15-17)40(37,38)21-10-11-24-23(14-21)34-25(36(24)20-6-2-3-7-20)39-16-18-8-9-19(26(28,29)30)13-22(18)27(31,32)33/h8-11,13-14,17,20H,2-7,12,15-16H2,1H3. The molecule has 1 atom stereocenters. The third-order valence-electron chi connectivity index (χ3n) is 7.68. The van der Waals surface area contributed by atoms with Crippen LogP contribution in [0.5, 0.6) is 0 Å². The van der Waals surface area contributed by atoms with Gasteiger partial charge in [0.15, 0.2) is 5.16 Å². The van der Waals surface area contributed by atoms with Crippen molar-refractivity contribution < 1.29 is 34.8 Å². The fourth-order valence-electron chi connectivity index (χ4n) is 5.63. The van der Waals surface area contributed by atoms with Gasteiger partial charge in [-0.05, 0) is 67.5 Å². The van der Waals surface area contributed by atoms with Crippen LogP contribution in [0.2, 0.25) is 0 Å². The van der Waals surface area contributed by atoms with E-state index >= 15 is 0 Å². The molecule has 13 heteroatoms. The summed E-state index contributed by atoms with van der Waals surface area (Å²) in [5.41, 5.74) is -1.86. The van der Waals surface area contributed by atoms with Gasteiger partial charge in [0.2, 0.25) is 10.0 Å². The monoisotopic (exact) mass is 605 g/mol. The molecular weight excluding hydrogens is 576 g/mol. The molecule has 0 radical (unpaired) electrons. The maximum absolute atomic E-state index is 13.7. The highest BCUT2D eigenvalue weighted by atomic mass is 32.2. The maximum atomic E-state index is 13.7. The van der Waals surface area contributed by atoms with Gasteiger partial charge >= 0.3 is 12.4 Å². The molecule has 1 unspecified atom stereocenters. The number of thioether (sulfide) groups is 1. The highest BCUT2D eigenvalue weighted by Crippen LogP contribution is 2.41. The molecule has 0 amide bonds. The second kappa shape index (κ2) is 10.9. The molecule has 0 bridgehead atoms. The summed E-state index contributed by atoms with van der Waals surface area (Å²) in [7, 11) is -3.74. The van der Waals surface area contributed by atoms with Crippen LogP contribution in [0.15, 0.2) is 46.5 Å². The first-order valence-corrected chi connectivity index (χ1v) is 15.6. The summed E-state index contributed by atoms with van der Waals surface area (Å²) in [4.78, 5) is 4.75. The molecule has 2 aromatic carbocycles. The smallest absolute Gasteiger partial charge is 0.316 e. The number of fused-ring (bicyclic) bond motifs is 1. The number of nitrogens with zero attached hydrogens (tertiary/aromatic N) is 3. The molecule has 2 heterocycles. The average Bonchev–Trinajstić information content (AvgIpc) is 3.53. The van der Waals surface area contributed by atoms with Crippen LogP contribution in [0.4, 0.5) is 26.3 Å². The van der Waals surface area contributed by atoms with E-state index < -0.39 is 33.5 Å². The molecule has 5 rings (SSSR count). The lowest BCUT2D eigenvalue weighted by molar-refractivity contribution is -0.143. The quantitative estimate of drug-likeness (QED) is 0.212. The van der Waals surface area contributed by atoms with Crippen LogP contribution >= 0.6 is 11.8 Å². The van der Waals surface area contributed by atoms with Crippen molar-refractivity contribution in [1.29, 1.82) is 0 Å². The summed E-state index contributed by atoms with van der Waals surface area (Å²) in [6.07, 6.45) is -4.46. The first kappa shape index (κ1) is 29.2. The number of rotatable bonds is 6. The summed E-state index contributed by atoms with van der Waals surface area (Å²) in [5.74, 6) is 0.00320. The highest BCUT2D eigenvalue weighted by Gasteiger charge is 2.38. The molecule has 40 heavy (non-hydrogen) atoms. The number of hydrogen-bond acceptors (Lipinski definition) is 4. The minimum Gasteiger partial charge on any atom is -0.316 e. The molecule has 1 aliphatic carbocycles. The summed E-state index contributed by atoms with van der Waals surface area (Å²) >= 11 is 1.01. The predicted molar refractivity (Wildman–Crippen MR) is 140 cm³/mol. The van der Waals surface area contributed by atoms with E-state index in [2.05, 4.69) is 4.98 Å². The first-order chi connectivity index (χ1) is 18.7. The maximum Gasteiger partial charge on any atom is 0.416 e. The minimum atomic E-state index is -4.96. The molecular formula is C27H29F6N3O2S2. The minimum absolute atomic E-state index is 0.0487. The Hall–Kier alpha value is -2.25. The Kier molecular flexibility index (Phi) is 7.94. The van der Waals surface area contributed by atoms with E-state index in [1.54, 1.807) is 12.1 Å². The Balaban J connectivity index is 1.50. The molecule has 1 aliphatic heterocycles. The molecule has 2 fully saturated rings. The van der Waals surface area contributed by atoms with Crippen LogP contribution < -0.4 is 0 Å². The van der Waals surface area contributed by atoms with Crippen molar-refractivity contribution in [2.75, 3.05) is 13.1 Å². The topological polar surface area (TPSA) is 55.2 Å². The second-order valence-electron chi connectivity index (χ2n) is 10.6. The van der Waals surface area contributed by atoms with Gasteiger partial charge in [-0.3, -0.25) is 0 Å². The van der Waals surface area contributed by atoms with Crippen molar-refractivity contribution >= 4 is 32.8 Å². The zero-order valence-electron chi connectivity index (χ0n) is 21.7. The molecule has 218 valence electrons. The lowest BCUT2D eigenvalue weighted by Gasteiger charge is -2.30. The number of sulfonamides is 1. The highest BCUT2D eigenvalue weighted by molar-refractivity contribution is 7.98. The number of benzene rings is 2. The van der Waals surface area contributed by atoms with Crippen LogP contribution in [0, 0.1) is 5.92 Å². The largest absolute Gasteiger partial charge is 0.416 e. The SMILES string of the molecule is CC1CCCN(S(=O)(=O)c2ccc3c(c2)nc(SCc2ccc(C(F)(F)F)cc2C(F)(F)F)n3C2CCCC2)C1. The number of aromatic nitrogens is 2. The van der Waals surface area contributed by atoms with Crippen molar-refractivity contribution in [3.05, 3.63) is 53.1 Å². The third-order valence-corrected chi connectivity index (χ3v) is 10.5. The summed E-state index contributed by atoms with van der Waals surface area (Å²) in [6.45, 7) is 2.89. The van der Waals surface area contributed by atoms with Gasteiger partial charge in [-0.2, -0.15) is 30.6 Å². The normalized spacial score (nSPS) is 20.0. The number of hydrogen-bond donors (Lipinski definition) is 0. The Morgan fingerprint density at radius 3 is 2.33 bits per heavy atom. The van der Waals surface area contributed by atoms with E-state index in [1.165, 1.54) is 10.4 Å². The third kappa shape index (κ3) is 5.87. The van der Waals surface area contributed by atoms with Crippen LogP contribution in [0.25, 0.3) is 11.0 Å². The van der Waals surface area contributed by atoms with Crippen molar-refractivity contribution in [1.82, 2.24) is 13.9 Å². The molecule has 0 N–H and O–H groups in total. The average molecular weight is 606 g/mol. The van der Waals surface area contributed by atoms with Gasteiger partial charge in [0.25, 0.3) is 0 Å².